The molecule has 1 aliphatic heterocycles. The van der Waals surface area contributed by atoms with E-state index >= 15 is 0 Å². The maximum atomic E-state index is 14.9. The normalized spacial score (nSPS) is 20.2. The van der Waals surface area contributed by atoms with Crippen molar-refractivity contribution in [1.29, 1.82) is 0 Å². The van der Waals surface area contributed by atoms with E-state index in [4.69, 9.17) is 22.1 Å². The van der Waals surface area contributed by atoms with E-state index in [0.717, 1.165) is 37.9 Å². The Kier molecular flexibility index (Phi) is 9.90. The van der Waals surface area contributed by atoms with Crippen LogP contribution < -0.4 is 5.73 Å². The average Bonchev–Trinajstić information content (AvgIpc) is 4.00. The number of halogens is 8. The van der Waals surface area contributed by atoms with Crippen molar-refractivity contribution in [2.75, 3.05) is 6.61 Å². The Labute approximate surface area is 319 Å². The van der Waals surface area contributed by atoms with E-state index in [2.05, 4.69) is 25.3 Å². The highest BCUT2D eigenvalue weighted by Crippen LogP contribution is 2.54. The minimum atomic E-state index is -4.82. The molecule has 7 rings (SSSR count). The molecule has 3 aliphatic rings. The monoisotopic (exact) mass is 809 g/mol. The molecule has 2 aromatic heterocycles. The highest BCUT2D eigenvalue weighted by molar-refractivity contribution is 6.33. The Morgan fingerprint density at radius 1 is 1.05 bits per heavy atom. The standard InChI is InChI=1S/C36H35ClF7N9O3/c1-33(2,36(42,43)44)17-35(21-6-3-19(4-7-21)25-15-47-53(50-25)22-8-9-22)30(55)51(32(45)49-35)26(16-56-27(54)14-34(11-12-34)29(38)39)20-5-10-24(37)23(13-20)28-46-18-48-52(28)31(40)41/h3-7,10,13,15,18,22,26,29,31H,8-9,11-12,14,16-17H2,1-2H3,(H2,45,49). The summed E-state index contributed by atoms with van der Waals surface area (Å²) >= 11 is 6.41. The van der Waals surface area contributed by atoms with Crippen molar-refractivity contribution in [1.82, 2.24) is 34.7 Å². The summed E-state index contributed by atoms with van der Waals surface area (Å²) in [6, 6.07) is 8.66. The number of nitrogens with two attached hydrogens (primary N) is 1. The van der Waals surface area contributed by atoms with Crippen molar-refractivity contribution < 1.29 is 45.1 Å². The van der Waals surface area contributed by atoms with Gasteiger partial charge in [0.05, 0.1) is 35.1 Å². The zero-order chi connectivity index (χ0) is 40.4. The topological polar surface area (TPSA) is 146 Å². The van der Waals surface area contributed by atoms with Crippen LogP contribution in [0.1, 0.15) is 82.1 Å². The fourth-order valence-electron chi connectivity index (χ4n) is 6.82. The molecule has 298 valence electrons. The number of ether oxygens (including phenoxy) is 1. The Bertz CT molecular complexity index is 2160. The van der Waals surface area contributed by atoms with E-state index in [1.54, 1.807) is 23.1 Å². The zero-order valence-corrected chi connectivity index (χ0v) is 30.6. The first kappa shape index (κ1) is 39.2. The Morgan fingerprint density at radius 3 is 2.36 bits per heavy atom. The van der Waals surface area contributed by atoms with Crippen LogP contribution in [-0.4, -0.2) is 71.7 Å². The summed E-state index contributed by atoms with van der Waals surface area (Å²) in [5.41, 5.74) is 1.18. The van der Waals surface area contributed by atoms with Crippen LogP contribution in [0, 0.1) is 10.8 Å². The lowest BCUT2D eigenvalue weighted by Crippen LogP contribution is -2.49. The summed E-state index contributed by atoms with van der Waals surface area (Å²) in [6.07, 6.45) is -4.68. The first-order valence-corrected chi connectivity index (χ1v) is 17.9. The summed E-state index contributed by atoms with van der Waals surface area (Å²) in [5.74, 6) is -2.98. The van der Waals surface area contributed by atoms with Gasteiger partial charge in [0, 0.05) is 16.5 Å². The smallest absolute Gasteiger partial charge is 0.394 e. The molecule has 0 saturated heterocycles. The molecule has 0 radical (unpaired) electrons. The summed E-state index contributed by atoms with van der Waals surface area (Å²) in [4.78, 5) is 38.7. The molecule has 0 bridgehead atoms. The molecule has 4 aromatic rings. The molecule has 2 aromatic carbocycles. The van der Waals surface area contributed by atoms with E-state index in [1.165, 1.54) is 30.3 Å². The molecule has 2 aliphatic carbocycles. The van der Waals surface area contributed by atoms with Crippen LogP contribution in [0.15, 0.2) is 60.0 Å². The number of aromatic nitrogens is 6. The van der Waals surface area contributed by atoms with Crippen LogP contribution >= 0.6 is 11.6 Å². The Hall–Kier alpha value is -5.07. The van der Waals surface area contributed by atoms with Crippen LogP contribution in [0.25, 0.3) is 22.6 Å². The number of hydrogen-bond donors (Lipinski definition) is 1. The lowest BCUT2D eigenvalue weighted by atomic mass is 9.74. The maximum Gasteiger partial charge on any atom is 0.394 e. The van der Waals surface area contributed by atoms with Crippen molar-refractivity contribution in [2.24, 2.45) is 21.6 Å². The van der Waals surface area contributed by atoms with E-state index < -0.39 is 78.8 Å². The van der Waals surface area contributed by atoms with Crippen LogP contribution in [0.5, 0.6) is 0 Å². The van der Waals surface area contributed by atoms with Gasteiger partial charge >= 0.3 is 18.7 Å². The number of rotatable bonds is 14. The molecule has 2 atom stereocenters. The van der Waals surface area contributed by atoms with Crippen LogP contribution in [0.2, 0.25) is 5.02 Å². The third-order valence-electron chi connectivity index (χ3n) is 10.6. The van der Waals surface area contributed by atoms with Gasteiger partial charge in [-0.15, -0.1) is 0 Å². The van der Waals surface area contributed by atoms with Crippen molar-refractivity contribution >= 4 is 29.4 Å². The molecule has 1 amide bonds. The predicted molar refractivity (Wildman–Crippen MR) is 186 cm³/mol. The van der Waals surface area contributed by atoms with Gasteiger partial charge in [-0.3, -0.25) is 14.5 Å². The van der Waals surface area contributed by atoms with Crippen LogP contribution in [-0.2, 0) is 19.9 Å². The van der Waals surface area contributed by atoms with E-state index in [1.807, 2.05) is 0 Å². The van der Waals surface area contributed by atoms with Gasteiger partial charge < -0.3 is 10.5 Å². The van der Waals surface area contributed by atoms with Crippen molar-refractivity contribution in [3.63, 3.8) is 0 Å². The van der Waals surface area contributed by atoms with Crippen LogP contribution in [0.4, 0.5) is 30.7 Å². The number of guanidine groups is 1. The first-order chi connectivity index (χ1) is 26.4. The molecule has 2 unspecified atom stereocenters. The van der Waals surface area contributed by atoms with Gasteiger partial charge in [-0.05, 0) is 55.4 Å². The number of amides is 1. The number of benzene rings is 2. The number of carbonyl (C=O) groups is 2. The largest absolute Gasteiger partial charge is 0.463 e. The van der Waals surface area contributed by atoms with Gasteiger partial charge in [0.25, 0.3) is 5.91 Å². The average molecular weight is 810 g/mol. The van der Waals surface area contributed by atoms with Gasteiger partial charge in [-0.2, -0.15) is 46.7 Å². The van der Waals surface area contributed by atoms with E-state index in [0.29, 0.717) is 11.3 Å². The SMILES string of the molecule is CC(C)(CC1(c2ccc(-c3cnn(C4CC4)n3)cc2)N=C(N)N(C(COC(=O)CC2(C(F)F)CC2)c2ccc(Cl)c(-c3ncnn3C(F)F)c2)C1=O)C(F)(F)F. The minimum absolute atomic E-state index is 0.0498. The number of esters is 1. The molecule has 20 heteroatoms. The predicted octanol–water partition coefficient (Wildman–Crippen LogP) is 7.64. The highest BCUT2D eigenvalue weighted by atomic mass is 35.5. The van der Waals surface area contributed by atoms with E-state index in [9.17, 15) is 40.3 Å². The third kappa shape index (κ3) is 7.20. The molecular weight excluding hydrogens is 775 g/mol. The van der Waals surface area contributed by atoms with Crippen molar-refractivity contribution in [2.45, 2.75) is 89.1 Å². The van der Waals surface area contributed by atoms with Gasteiger partial charge in [-0.25, -0.2) is 18.8 Å². The second kappa shape index (κ2) is 14.1. The number of nitrogens with zero attached hydrogens (tertiary/aromatic N) is 8. The number of carbonyl (C=O) groups excluding carboxylic acids is 2. The molecule has 3 heterocycles. The van der Waals surface area contributed by atoms with Gasteiger partial charge in [0.1, 0.15) is 18.6 Å². The van der Waals surface area contributed by atoms with Gasteiger partial charge in [0.2, 0.25) is 6.43 Å². The number of alkyl halides is 7. The van der Waals surface area contributed by atoms with Crippen molar-refractivity contribution in [3.05, 3.63) is 71.1 Å². The zero-order valence-electron chi connectivity index (χ0n) is 29.9. The summed E-state index contributed by atoms with van der Waals surface area (Å²) < 4.78 is 105. The Morgan fingerprint density at radius 2 is 1.75 bits per heavy atom. The first-order valence-electron chi connectivity index (χ1n) is 17.6. The quantitative estimate of drug-likeness (QED) is 0.101. The number of hydrogen-bond acceptors (Lipinski definition) is 9. The highest BCUT2D eigenvalue weighted by Gasteiger charge is 2.59. The van der Waals surface area contributed by atoms with Crippen molar-refractivity contribution in [3.8, 4) is 22.6 Å². The maximum absolute atomic E-state index is 14.9. The fourth-order valence-corrected chi connectivity index (χ4v) is 7.03. The minimum Gasteiger partial charge on any atom is -0.463 e. The molecular formula is C36H35ClF7N9O3. The summed E-state index contributed by atoms with van der Waals surface area (Å²) in [5, 5.41) is 12.2. The second-order valence-corrected chi connectivity index (χ2v) is 15.4. The third-order valence-corrected chi connectivity index (χ3v) is 10.9. The number of aliphatic imine (C=N–C) groups is 1. The molecule has 56 heavy (non-hydrogen) atoms. The molecule has 0 spiro atoms. The van der Waals surface area contributed by atoms with Crippen LogP contribution in [0.3, 0.4) is 0 Å². The van der Waals surface area contributed by atoms with E-state index in [-0.39, 0.29) is 51.1 Å². The van der Waals surface area contributed by atoms with Gasteiger partial charge in [0.15, 0.2) is 17.3 Å². The molecule has 2 saturated carbocycles. The lowest BCUT2D eigenvalue weighted by molar-refractivity contribution is -0.218. The Balaban J connectivity index is 1.29. The molecule has 2 N–H and O–H groups in total. The second-order valence-electron chi connectivity index (χ2n) is 15.0. The summed E-state index contributed by atoms with van der Waals surface area (Å²) in [7, 11) is 0. The molecule has 2 fully saturated rings. The summed E-state index contributed by atoms with van der Waals surface area (Å²) in [6.45, 7) is -2.04. The fraction of sp³-hybridized carbons (Fsp3) is 0.472. The lowest BCUT2D eigenvalue weighted by Gasteiger charge is -2.37. The molecule has 12 nitrogen and oxygen atoms in total. The van der Waals surface area contributed by atoms with Gasteiger partial charge in [-0.1, -0.05) is 55.8 Å².